The minimum absolute atomic E-state index is 0.0857. The summed E-state index contributed by atoms with van der Waals surface area (Å²) in [5.74, 6) is -0.339. The number of aromatic nitrogens is 5. The average molecular weight is 295 g/mol. The highest BCUT2D eigenvalue weighted by Crippen LogP contribution is 2.10. The van der Waals surface area contributed by atoms with Crippen LogP contribution in [-0.4, -0.2) is 30.6 Å². The Bertz CT molecular complexity index is 785. The summed E-state index contributed by atoms with van der Waals surface area (Å²) in [6, 6.07) is 3.81. The maximum absolute atomic E-state index is 12.1. The lowest BCUT2D eigenvalue weighted by Crippen LogP contribution is -2.16. The number of nitrogen functional groups attached to an aromatic ring is 1. The van der Waals surface area contributed by atoms with Crippen LogP contribution in [0.2, 0.25) is 0 Å². The van der Waals surface area contributed by atoms with E-state index in [0.717, 1.165) is 5.56 Å². The molecule has 0 unspecified atom stereocenters. The number of hydrogen-bond donors (Lipinski definition) is 2. The monoisotopic (exact) mass is 295 g/mol. The Morgan fingerprint density at radius 3 is 2.86 bits per heavy atom. The second kappa shape index (κ2) is 6.00. The van der Waals surface area contributed by atoms with Crippen LogP contribution in [-0.2, 0) is 6.54 Å². The van der Waals surface area contributed by atoms with Gasteiger partial charge in [0.2, 0.25) is 0 Å². The van der Waals surface area contributed by atoms with E-state index in [1.807, 2.05) is 12.1 Å². The fourth-order valence-corrected chi connectivity index (χ4v) is 1.91. The third kappa shape index (κ3) is 3.06. The molecule has 8 nitrogen and oxygen atoms in total. The normalized spacial score (nSPS) is 10.4. The average Bonchev–Trinajstić information content (AvgIpc) is 2.95. The van der Waals surface area contributed by atoms with E-state index in [-0.39, 0.29) is 11.5 Å². The van der Waals surface area contributed by atoms with Crippen LogP contribution in [0.1, 0.15) is 16.1 Å². The van der Waals surface area contributed by atoms with Crippen molar-refractivity contribution in [2.24, 2.45) is 0 Å². The van der Waals surface area contributed by atoms with Gasteiger partial charge in [0.25, 0.3) is 5.91 Å². The van der Waals surface area contributed by atoms with Crippen molar-refractivity contribution in [2.45, 2.75) is 6.54 Å². The van der Waals surface area contributed by atoms with Gasteiger partial charge in [-0.05, 0) is 11.6 Å². The second-order valence-corrected chi connectivity index (χ2v) is 4.53. The molecule has 110 valence electrons. The molecular formula is C14H13N7O. The SMILES string of the molecule is Nc1nccnc1C(=O)Nc1cnn(Cc2cccnc2)c1. The number of nitrogens with one attached hydrogen (secondary N) is 1. The molecule has 0 spiro atoms. The van der Waals surface area contributed by atoms with Gasteiger partial charge < -0.3 is 11.1 Å². The first-order chi connectivity index (χ1) is 10.7. The molecule has 8 heteroatoms. The number of pyridine rings is 1. The van der Waals surface area contributed by atoms with E-state index < -0.39 is 5.91 Å². The number of nitrogens with zero attached hydrogens (tertiary/aromatic N) is 5. The molecule has 0 fully saturated rings. The quantitative estimate of drug-likeness (QED) is 0.741. The Morgan fingerprint density at radius 1 is 1.23 bits per heavy atom. The maximum Gasteiger partial charge on any atom is 0.278 e. The van der Waals surface area contributed by atoms with Crippen LogP contribution in [0.15, 0.2) is 49.3 Å². The van der Waals surface area contributed by atoms with Crippen LogP contribution in [0.3, 0.4) is 0 Å². The van der Waals surface area contributed by atoms with Crippen molar-refractivity contribution in [3.63, 3.8) is 0 Å². The molecule has 3 N–H and O–H groups in total. The van der Waals surface area contributed by atoms with Crippen molar-refractivity contribution >= 4 is 17.4 Å². The fraction of sp³-hybridized carbons (Fsp3) is 0.0714. The molecule has 1 amide bonds. The minimum Gasteiger partial charge on any atom is -0.382 e. The molecule has 3 heterocycles. The van der Waals surface area contributed by atoms with Crippen molar-refractivity contribution in [1.29, 1.82) is 0 Å². The van der Waals surface area contributed by atoms with Crippen molar-refractivity contribution in [1.82, 2.24) is 24.7 Å². The van der Waals surface area contributed by atoms with Crippen LogP contribution >= 0.6 is 0 Å². The molecule has 0 aliphatic rings. The van der Waals surface area contributed by atoms with Gasteiger partial charge in [0.15, 0.2) is 11.5 Å². The third-order valence-electron chi connectivity index (χ3n) is 2.90. The molecule has 0 saturated heterocycles. The number of hydrogen-bond acceptors (Lipinski definition) is 6. The molecule has 3 aromatic heterocycles. The molecule has 0 bridgehead atoms. The van der Waals surface area contributed by atoms with Crippen LogP contribution in [0.5, 0.6) is 0 Å². The highest BCUT2D eigenvalue weighted by atomic mass is 16.1. The smallest absolute Gasteiger partial charge is 0.278 e. The summed E-state index contributed by atoms with van der Waals surface area (Å²) < 4.78 is 1.70. The zero-order valence-electron chi connectivity index (χ0n) is 11.5. The second-order valence-electron chi connectivity index (χ2n) is 4.53. The zero-order valence-corrected chi connectivity index (χ0v) is 11.5. The number of anilines is 2. The first kappa shape index (κ1) is 13.7. The van der Waals surface area contributed by atoms with Crippen molar-refractivity contribution in [2.75, 3.05) is 11.1 Å². The summed E-state index contributed by atoms with van der Waals surface area (Å²) in [6.45, 7) is 0.566. The van der Waals surface area contributed by atoms with Gasteiger partial charge in [-0.2, -0.15) is 5.10 Å². The summed E-state index contributed by atoms with van der Waals surface area (Å²) in [5.41, 5.74) is 7.28. The standard InChI is InChI=1S/C14H13N7O/c15-13-12(17-4-5-18-13)14(22)20-11-7-19-21(9-11)8-10-2-1-3-16-6-10/h1-7,9H,8H2,(H2,15,18)(H,20,22). The first-order valence-corrected chi connectivity index (χ1v) is 6.51. The van der Waals surface area contributed by atoms with E-state index in [1.165, 1.54) is 12.4 Å². The molecular weight excluding hydrogens is 282 g/mol. The Balaban J connectivity index is 1.69. The topological polar surface area (TPSA) is 112 Å². The predicted octanol–water partition coefficient (Wildman–Crippen LogP) is 0.951. The zero-order chi connectivity index (χ0) is 15.4. The molecule has 0 aliphatic heterocycles. The van der Waals surface area contributed by atoms with Gasteiger partial charge in [-0.15, -0.1) is 0 Å². The maximum atomic E-state index is 12.1. The largest absolute Gasteiger partial charge is 0.382 e. The van der Waals surface area contributed by atoms with E-state index in [1.54, 1.807) is 29.5 Å². The van der Waals surface area contributed by atoms with Crippen LogP contribution in [0, 0.1) is 0 Å². The summed E-state index contributed by atoms with van der Waals surface area (Å²) in [5, 5.41) is 6.87. The molecule has 3 aromatic rings. The van der Waals surface area contributed by atoms with Crippen molar-refractivity contribution < 1.29 is 4.79 Å². The first-order valence-electron chi connectivity index (χ1n) is 6.51. The lowest BCUT2D eigenvalue weighted by molar-refractivity contribution is 0.102. The van der Waals surface area contributed by atoms with Gasteiger partial charge in [0.05, 0.1) is 18.4 Å². The van der Waals surface area contributed by atoms with Crippen LogP contribution in [0.25, 0.3) is 0 Å². The number of carbonyl (C=O) groups excluding carboxylic acids is 1. The van der Waals surface area contributed by atoms with Gasteiger partial charge >= 0.3 is 0 Å². The molecule has 0 aliphatic carbocycles. The lowest BCUT2D eigenvalue weighted by atomic mass is 10.3. The number of rotatable bonds is 4. The van der Waals surface area contributed by atoms with E-state index in [0.29, 0.717) is 12.2 Å². The Kier molecular flexibility index (Phi) is 3.73. The van der Waals surface area contributed by atoms with E-state index in [2.05, 4.69) is 25.4 Å². The van der Waals surface area contributed by atoms with Gasteiger partial charge in [-0.25, -0.2) is 9.97 Å². The molecule has 3 rings (SSSR count). The van der Waals surface area contributed by atoms with Crippen LogP contribution < -0.4 is 11.1 Å². The molecule has 22 heavy (non-hydrogen) atoms. The number of carbonyl (C=O) groups is 1. The number of nitrogens with two attached hydrogens (primary N) is 1. The van der Waals surface area contributed by atoms with Gasteiger partial charge in [0.1, 0.15) is 0 Å². The van der Waals surface area contributed by atoms with E-state index in [4.69, 9.17) is 5.73 Å². The predicted molar refractivity (Wildman–Crippen MR) is 80.0 cm³/mol. The van der Waals surface area contributed by atoms with Crippen molar-refractivity contribution in [3.8, 4) is 0 Å². The minimum atomic E-state index is -0.425. The highest BCUT2D eigenvalue weighted by Gasteiger charge is 2.13. The Hall–Kier alpha value is -3.29. The molecule has 0 saturated carbocycles. The summed E-state index contributed by atoms with van der Waals surface area (Å²) in [7, 11) is 0. The van der Waals surface area contributed by atoms with Gasteiger partial charge in [-0.3, -0.25) is 14.5 Å². The number of amides is 1. The molecule has 0 aromatic carbocycles. The fourth-order valence-electron chi connectivity index (χ4n) is 1.91. The van der Waals surface area contributed by atoms with Gasteiger partial charge in [-0.1, -0.05) is 6.07 Å². The highest BCUT2D eigenvalue weighted by molar-refractivity contribution is 6.05. The van der Waals surface area contributed by atoms with Crippen molar-refractivity contribution in [3.05, 3.63) is 60.6 Å². The van der Waals surface area contributed by atoms with E-state index in [9.17, 15) is 4.79 Å². The van der Waals surface area contributed by atoms with E-state index >= 15 is 0 Å². The summed E-state index contributed by atoms with van der Waals surface area (Å²) in [4.78, 5) is 23.9. The summed E-state index contributed by atoms with van der Waals surface area (Å²) in [6.07, 6.45) is 9.59. The van der Waals surface area contributed by atoms with Gasteiger partial charge in [0, 0.05) is 31.0 Å². The Morgan fingerprint density at radius 2 is 2.09 bits per heavy atom. The Labute approximate surface area is 126 Å². The molecule has 0 radical (unpaired) electrons. The summed E-state index contributed by atoms with van der Waals surface area (Å²) >= 11 is 0. The lowest BCUT2D eigenvalue weighted by Gasteiger charge is -2.03. The molecule has 0 atom stereocenters. The third-order valence-corrected chi connectivity index (χ3v) is 2.90. The van der Waals surface area contributed by atoms with Crippen LogP contribution in [0.4, 0.5) is 11.5 Å².